The molecule has 0 aliphatic carbocycles. The molecule has 0 unspecified atom stereocenters. The molecule has 3 radical (unpaired) electrons. The number of para-hydroxylation sites is 2. The average molecular weight is 589 g/mol. The first-order valence-corrected chi connectivity index (χ1v) is 13.7. The van der Waals surface area contributed by atoms with E-state index in [1.54, 1.807) is 25.1 Å². The van der Waals surface area contributed by atoms with Crippen LogP contribution in [0, 0.1) is 0 Å². The smallest absolute Gasteiger partial charge is 0.305 e. The van der Waals surface area contributed by atoms with Gasteiger partial charge in [0, 0.05) is 45.5 Å². The summed E-state index contributed by atoms with van der Waals surface area (Å²) in [7, 11) is 6.08. The van der Waals surface area contributed by atoms with Crippen LogP contribution in [-0.2, 0) is 32.2 Å². The zero-order chi connectivity index (χ0) is 30.2. The Morgan fingerprint density at radius 3 is 1.88 bits per heavy atom. The van der Waals surface area contributed by atoms with Gasteiger partial charge in [-0.1, -0.05) is 34.7 Å². The van der Waals surface area contributed by atoms with E-state index in [1.165, 1.54) is 14.2 Å². The largest absolute Gasteiger partial charge is 0.496 e. The Morgan fingerprint density at radius 1 is 0.721 bits per heavy atom. The third kappa shape index (κ3) is 10.6. The number of unbranched alkanes of at least 4 members (excludes halogenated alkanes) is 2. The molecule has 0 atom stereocenters. The lowest BCUT2D eigenvalue weighted by Gasteiger charge is -2.09. The number of aromatic nitrogens is 6. The monoisotopic (exact) mass is 589 g/mol. The molecule has 2 heterocycles. The number of ether oxygens (including phenoxy) is 4. The molecule has 13 heteroatoms. The van der Waals surface area contributed by atoms with Crippen LogP contribution in [0.15, 0.2) is 60.9 Å². The Bertz CT molecular complexity index is 1410. The maximum atomic E-state index is 11.1. The minimum Gasteiger partial charge on any atom is -0.496 e. The second-order valence-corrected chi connectivity index (χ2v) is 9.18. The van der Waals surface area contributed by atoms with Crippen molar-refractivity contribution in [2.45, 2.75) is 51.6 Å². The van der Waals surface area contributed by atoms with Crippen LogP contribution in [-0.4, -0.2) is 78.8 Å². The standard InChI is InChI=1S/2C15H19N3O3.B/c1-20-14-8-4-3-7-12(14)13-11-18(17-16-13)10-6-5-9-15(19)21-2;1-20-14-8-4-3-7-12(14)13-11-16-17-18(13)10-6-5-9-15(19)21-2;/h2*3-4,7-8,11H,5-6,9-10H2,1-2H3;. The lowest BCUT2D eigenvalue weighted by Crippen LogP contribution is -2.05. The number of hydrogen-bond donors (Lipinski definition) is 0. The summed E-state index contributed by atoms with van der Waals surface area (Å²) in [4.78, 5) is 22.1. The van der Waals surface area contributed by atoms with E-state index in [2.05, 4.69) is 30.1 Å². The van der Waals surface area contributed by atoms with Gasteiger partial charge in [0.15, 0.2) is 0 Å². The first kappa shape index (κ1) is 34.5. The van der Waals surface area contributed by atoms with Crippen LogP contribution in [0.1, 0.15) is 38.5 Å². The van der Waals surface area contributed by atoms with E-state index in [0.29, 0.717) is 19.4 Å². The summed E-state index contributed by atoms with van der Waals surface area (Å²) < 4.78 is 23.5. The molecule has 227 valence electrons. The van der Waals surface area contributed by atoms with E-state index in [9.17, 15) is 9.59 Å². The molecule has 4 rings (SSSR count). The van der Waals surface area contributed by atoms with Gasteiger partial charge >= 0.3 is 11.9 Å². The van der Waals surface area contributed by atoms with Crippen molar-refractivity contribution in [2.24, 2.45) is 0 Å². The number of benzene rings is 2. The third-order valence-electron chi connectivity index (χ3n) is 6.40. The van der Waals surface area contributed by atoms with Crippen LogP contribution < -0.4 is 9.47 Å². The fourth-order valence-electron chi connectivity index (χ4n) is 4.15. The number of esters is 2. The summed E-state index contributed by atoms with van der Waals surface area (Å²) in [6.07, 6.45) is 7.69. The lowest BCUT2D eigenvalue weighted by molar-refractivity contribution is -0.141. The van der Waals surface area contributed by atoms with Crippen LogP contribution in [0.3, 0.4) is 0 Å². The predicted octanol–water partition coefficient (Wildman–Crippen LogP) is 4.21. The Morgan fingerprint density at radius 2 is 1.28 bits per heavy atom. The van der Waals surface area contributed by atoms with E-state index in [0.717, 1.165) is 66.2 Å². The number of hydrogen-bond acceptors (Lipinski definition) is 10. The maximum Gasteiger partial charge on any atom is 0.305 e. The Hall–Kier alpha value is -4.68. The van der Waals surface area contributed by atoms with Crippen molar-refractivity contribution in [1.82, 2.24) is 30.0 Å². The van der Waals surface area contributed by atoms with Crippen molar-refractivity contribution in [1.29, 1.82) is 0 Å². The molecule has 0 bridgehead atoms. The minimum absolute atomic E-state index is 0. The summed E-state index contributed by atoms with van der Waals surface area (Å²) in [6.45, 7) is 1.42. The van der Waals surface area contributed by atoms with Gasteiger partial charge in [-0.2, -0.15) is 0 Å². The number of nitrogens with zero attached hydrogens (tertiary/aromatic N) is 6. The fraction of sp³-hybridized carbons (Fsp3) is 0.400. The SMILES string of the molecule is COC(=O)CCCCn1cc(-c2ccccc2OC)nn1.COC(=O)CCCCn1nncc1-c1ccccc1OC.[B]. The van der Waals surface area contributed by atoms with Gasteiger partial charge in [-0.3, -0.25) is 14.3 Å². The highest BCUT2D eigenvalue weighted by molar-refractivity contribution is 5.75. The normalized spacial score (nSPS) is 10.1. The van der Waals surface area contributed by atoms with Crippen molar-refractivity contribution in [3.8, 4) is 34.0 Å². The average Bonchev–Trinajstić information content (AvgIpc) is 3.71. The molecule has 43 heavy (non-hydrogen) atoms. The van der Waals surface area contributed by atoms with Crippen LogP contribution in [0.25, 0.3) is 22.5 Å². The number of methoxy groups -OCH3 is 4. The van der Waals surface area contributed by atoms with Crippen LogP contribution in [0.4, 0.5) is 0 Å². The van der Waals surface area contributed by atoms with Crippen LogP contribution in [0.5, 0.6) is 11.5 Å². The first-order valence-electron chi connectivity index (χ1n) is 13.7. The number of rotatable bonds is 14. The summed E-state index contributed by atoms with van der Waals surface area (Å²) in [5, 5.41) is 16.3. The molecule has 2 aromatic carbocycles. The third-order valence-corrected chi connectivity index (χ3v) is 6.40. The number of aryl methyl sites for hydroxylation is 2. The van der Waals surface area contributed by atoms with Gasteiger partial charge in [-0.05, 0) is 49.9 Å². The maximum absolute atomic E-state index is 11.1. The Kier molecular flexibility index (Phi) is 15.0. The summed E-state index contributed by atoms with van der Waals surface area (Å²) >= 11 is 0. The molecule has 0 saturated heterocycles. The molecule has 0 amide bonds. The fourth-order valence-corrected chi connectivity index (χ4v) is 4.15. The molecule has 0 saturated carbocycles. The van der Waals surface area contributed by atoms with Gasteiger partial charge < -0.3 is 18.9 Å². The molecule has 0 fully saturated rings. The minimum atomic E-state index is -0.182. The van der Waals surface area contributed by atoms with Crippen molar-refractivity contribution in [3.05, 3.63) is 60.9 Å². The van der Waals surface area contributed by atoms with E-state index >= 15 is 0 Å². The topological polar surface area (TPSA) is 132 Å². The molecule has 0 aliphatic heterocycles. The molecule has 4 aromatic rings. The molecular weight excluding hydrogens is 551 g/mol. The summed E-state index contributed by atoms with van der Waals surface area (Å²) in [5.74, 6) is 1.20. The van der Waals surface area contributed by atoms with Gasteiger partial charge in [-0.15, -0.1) is 10.2 Å². The van der Waals surface area contributed by atoms with Crippen molar-refractivity contribution in [2.75, 3.05) is 28.4 Å². The molecular formula is C30H38BN6O6. The summed E-state index contributed by atoms with van der Waals surface area (Å²) in [6, 6.07) is 15.5. The molecule has 0 aliphatic rings. The molecule has 0 N–H and O–H groups in total. The van der Waals surface area contributed by atoms with E-state index in [1.807, 2.05) is 59.4 Å². The van der Waals surface area contributed by atoms with Crippen molar-refractivity contribution in [3.63, 3.8) is 0 Å². The lowest BCUT2D eigenvalue weighted by atomic mass is 10.1. The Balaban J connectivity index is 0.000000293. The summed E-state index contributed by atoms with van der Waals surface area (Å²) in [5.41, 5.74) is 3.56. The quantitative estimate of drug-likeness (QED) is 0.120. The van der Waals surface area contributed by atoms with E-state index in [4.69, 9.17) is 9.47 Å². The number of carbonyl (C=O) groups excluding carboxylic acids is 2. The second kappa shape index (κ2) is 18.7. The predicted molar refractivity (Wildman–Crippen MR) is 162 cm³/mol. The zero-order valence-corrected chi connectivity index (χ0v) is 25.1. The van der Waals surface area contributed by atoms with Gasteiger partial charge in [-0.25, -0.2) is 4.68 Å². The second-order valence-electron chi connectivity index (χ2n) is 9.18. The number of carbonyl (C=O) groups is 2. The van der Waals surface area contributed by atoms with Crippen LogP contribution >= 0.6 is 0 Å². The molecule has 12 nitrogen and oxygen atoms in total. The molecule has 2 aromatic heterocycles. The van der Waals surface area contributed by atoms with E-state index in [-0.39, 0.29) is 20.4 Å². The van der Waals surface area contributed by atoms with Crippen molar-refractivity contribution < 1.29 is 28.5 Å². The highest BCUT2D eigenvalue weighted by Crippen LogP contribution is 2.29. The van der Waals surface area contributed by atoms with Gasteiger partial charge in [0.25, 0.3) is 0 Å². The highest BCUT2D eigenvalue weighted by Gasteiger charge is 2.12. The van der Waals surface area contributed by atoms with Gasteiger partial charge in [0.05, 0.1) is 46.5 Å². The molecule has 0 spiro atoms. The van der Waals surface area contributed by atoms with Crippen molar-refractivity contribution >= 4 is 20.4 Å². The van der Waals surface area contributed by atoms with Gasteiger partial charge in [0.1, 0.15) is 17.2 Å². The first-order chi connectivity index (χ1) is 20.5. The Labute approximate surface area is 253 Å². The highest BCUT2D eigenvalue weighted by atomic mass is 16.5. The van der Waals surface area contributed by atoms with Gasteiger partial charge in [0.2, 0.25) is 0 Å². The zero-order valence-electron chi connectivity index (χ0n) is 25.1. The van der Waals surface area contributed by atoms with Crippen LogP contribution in [0.2, 0.25) is 0 Å². The van der Waals surface area contributed by atoms with E-state index < -0.39 is 0 Å².